The summed E-state index contributed by atoms with van der Waals surface area (Å²) in [5.74, 6) is -1.10. The van der Waals surface area contributed by atoms with Gasteiger partial charge in [-0.2, -0.15) is 0 Å². The van der Waals surface area contributed by atoms with Crippen LogP contribution >= 0.6 is 7.82 Å². The molecule has 3 N–H and O–H groups in total. The third-order valence-corrected chi connectivity index (χ3v) is 10.1. The number of aliphatic hydroxyl groups excluding tert-OH is 2. The number of hydrogen-bond acceptors (Lipinski definition) is 10. The second kappa shape index (κ2) is 38.7. The Morgan fingerprint density at radius 1 is 0.583 bits per heavy atom. The molecule has 11 nitrogen and oxygen atoms in total. The topological polar surface area (TPSA) is 161 Å². The fraction of sp³-hybridized carbons (Fsp3) is 0.625. The third-order valence-electron chi connectivity index (χ3n) is 9.13. The van der Waals surface area contributed by atoms with Gasteiger partial charge in [0.15, 0.2) is 6.10 Å². The van der Waals surface area contributed by atoms with Gasteiger partial charge in [-0.1, -0.05) is 137 Å². The van der Waals surface area contributed by atoms with Crippen molar-refractivity contribution in [2.75, 3.05) is 26.4 Å². The Kier molecular flexibility index (Phi) is 35.4. The van der Waals surface area contributed by atoms with Crippen LogP contribution in [0.25, 0.3) is 0 Å². The largest absolute Gasteiger partial charge is 0.472 e. The van der Waals surface area contributed by atoms with Gasteiger partial charge in [0.25, 0.3) is 0 Å². The molecule has 1 aliphatic rings. The van der Waals surface area contributed by atoms with E-state index in [-0.39, 0.29) is 31.7 Å². The van der Waals surface area contributed by atoms with E-state index in [1.54, 1.807) is 0 Å². The Morgan fingerprint density at radius 3 is 1.57 bits per heavy atom. The minimum Gasteiger partial charge on any atom is -0.462 e. The number of phosphoric acid groups is 1. The van der Waals surface area contributed by atoms with Crippen LogP contribution in [0, 0.1) is 0 Å². The summed E-state index contributed by atoms with van der Waals surface area (Å²) in [7, 11) is -4.66. The van der Waals surface area contributed by atoms with Crippen molar-refractivity contribution in [3.8, 4) is 0 Å². The molecule has 0 spiro atoms. The number of esters is 2. The number of hydrogen-bond donors (Lipinski definition) is 3. The molecule has 1 aliphatic heterocycles. The molecule has 340 valence electrons. The second-order valence-electron chi connectivity index (χ2n) is 14.7. The van der Waals surface area contributed by atoms with E-state index in [4.69, 9.17) is 23.8 Å². The minimum absolute atomic E-state index is 0.0788. The van der Waals surface area contributed by atoms with Gasteiger partial charge in [0.05, 0.1) is 32.0 Å². The van der Waals surface area contributed by atoms with Crippen molar-refractivity contribution in [2.45, 2.75) is 167 Å². The third kappa shape index (κ3) is 35.6. The highest BCUT2D eigenvalue weighted by atomic mass is 31.2. The van der Waals surface area contributed by atoms with Crippen molar-refractivity contribution >= 4 is 19.8 Å². The molecule has 1 heterocycles. The molecule has 3 unspecified atom stereocenters. The van der Waals surface area contributed by atoms with E-state index >= 15 is 0 Å². The molecule has 60 heavy (non-hydrogen) atoms. The van der Waals surface area contributed by atoms with Gasteiger partial charge < -0.3 is 29.3 Å². The fourth-order valence-electron chi connectivity index (χ4n) is 5.54. The van der Waals surface area contributed by atoms with E-state index < -0.39 is 51.8 Å². The van der Waals surface area contributed by atoms with Crippen molar-refractivity contribution in [3.63, 3.8) is 0 Å². The first-order chi connectivity index (χ1) is 29.2. The summed E-state index contributed by atoms with van der Waals surface area (Å²) < 4.78 is 38.4. The fourth-order valence-corrected chi connectivity index (χ4v) is 6.33. The zero-order valence-corrected chi connectivity index (χ0v) is 37.5. The molecule has 0 amide bonds. The lowest BCUT2D eigenvalue weighted by Gasteiger charge is -2.20. The molecule has 0 aromatic rings. The van der Waals surface area contributed by atoms with Gasteiger partial charge >= 0.3 is 19.8 Å². The molecule has 1 saturated heterocycles. The standard InChI is InChI=1S/C48H77O11P/c1-3-5-7-9-11-13-14-15-16-17-18-19-20-21-22-24-26-28-33-37-47(51)55-41-44(42-57-60(53,54)56-40-43(50)39-49)58-48(52)38-34-30-29-32-36-46-45(59-46)35-31-27-25-23-12-10-8-6-4-2/h11-13,15-16,18-19,21-23,26-29,31-32,43-46,49-50H,3-10,14,17,20,24-25,30,33-42H2,1-2H3,(H,53,54)/b13-11-,16-15-,19-18-,22-21-,23-12-,28-26-,31-27-,32-29-/t43-,44+,45?,46?/m0/s1. The summed E-state index contributed by atoms with van der Waals surface area (Å²) >= 11 is 0. The van der Waals surface area contributed by atoms with E-state index in [0.717, 1.165) is 51.4 Å². The van der Waals surface area contributed by atoms with Crippen molar-refractivity contribution < 1.29 is 52.5 Å². The number of phosphoric ester groups is 1. The minimum atomic E-state index is -4.66. The van der Waals surface area contributed by atoms with Crippen LogP contribution in [0.1, 0.15) is 142 Å². The maximum absolute atomic E-state index is 12.6. The van der Waals surface area contributed by atoms with E-state index in [9.17, 15) is 24.2 Å². The number of rotatable bonds is 39. The Hall–Kier alpha value is -3.15. The average Bonchev–Trinajstić information content (AvgIpc) is 4.00. The van der Waals surface area contributed by atoms with Gasteiger partial charge in [0.2, 0.25) is 0 Å². The zero-order valence-electron chi connectivity index (χ0n) is 36.6. The summed E-state index contributed by atoms with van der Waals surface area (Å²) in [5, 5.41) is 18.4. The monoisotopic (exact) mass is 861 g/mol. The molecule has 0 aromatic carbocycles. The Morgan fingerprint density at radius 2 is 1.03 bits per heavy atom. The number of carbonyl (C=O) groups excluding carboxylic acids is 2. The smallest absolute Gasteiger partial charge is 0.462 e. The van der Waals surface area contributed by atoms with Crippen LogP contribution in [0.3, 0.4) is 0 Å². The molecule has 0 aliphatic carbocycles. The van der Waals surface area contributed by atoms with E-state index in [0.29, 0.717) is 19.3 Å². The van der Waals surface area contributed by atoms with E-state index in [2.05, 4.69) is 97.4 Å². The summed E-state index contributed by atoms with van der Waals surface area (Å²) in [6, 6.07) is 0. The average molecular weight is 861 g/mol. The van der Waals surface area contributed by atoms with Crippen LogP contribution in [0.15, 0.2) is 97.2 Å². The number of allylic oxidation sites excluding steroid dienone is 14. The summed E-state index contributed by atoms with van der Waals surface area (Å²) in [6.07, 6.45) is 49.9. The summed E-state index contributed by atoms with van der Waals surface area (Å²) in [5.41, 5.74) is 0. The number of carbonyl (C=O) groups is 2. The lowest BCUT2D eigenvalue weighted by molar-refractivity contribution is -0.161. The number of unbranched alkanes of at least 4 members (excludes halogenated alkanes) is 7. The number of aliphatic hydroxyl groups is 2. The van der Waals surface area contributed by atoms with Crippen molar-refractivity contribution in [2.24, 2.45) is 0 Å². The highest BCUT2D eigenvalue weighted by Crippen LogP contribution is 2.43. The Bertz CT molecular complexity index is 1380. The molecular weight excluding hydrogens is 783 g/mol. The van der Waals surface area contributed by atoms with Gasteiger partial charge in [-0.15, -0.1) is 0 Å². The van der Waals surface area contributed by atoms with E-state index in [1.807, 2.05) is 18.2 Å². The lowest BCUT2D eigenvalue weighted by atomic mass is 10.1. The Labute approximate surface area is 361 Å². The predicted octanol–water partition coefficient (Wildman–Crippen LogP) is 11.0. The van der Waals surface area contributed by atoms with Gasteiger partial charge in [-0.25, -0.2) is 4.57 Å². The first kappa shape index (κ1) is 54.9. The SMILES string of the molecule is CCCCC/C=C\C/C=C\C/C=C\C/C=C\C/C=C\CCC(=O)OC[C@H](COP(=O)(O)OC[C@@H](O)CO)OC(=O)CCC/C=C\CC1OC1C/C=C\C/C=C\CCCCC. The van der Waals surface area contributed by atoms with Gasteiger partial charge in [0, 0.05) is 12.8 Å². The van der Waals surface area contributed by atoms with Crippen LogP contribution in [-0.4, -0.2) is 77.9 Å². The second-order valence-corrected chi connectivity index (χ2v) is 16.2. The highest BCUT2D eigenvalue weighted by molar-refractivity contribution is 7.47. The number of epoxide rings is 1. The van der Waals surface area contributed by atoms with Crippen molar-refractivity contribution in [1.82, 2.24) is 0 Å². The molecule has 0 aromatic heterocycles. The lowest BCUT2D eigenvalue weighted by Crippen LogP contribution is -2.29. The molecule has 0 bridgehead atoms. The van der Waals surface area contributed by atoms with Crippen molar-refractivity contribution in [3.05, 3.63) is 97.2 Å². The first-order valence-corrected chi connectivity index (χ1v) is 23.8. The Balaban J connectivity index is 2.36. The van der Waals surface area contributed by atoms with Gasteiger partial charge in [-0.05, 0) is 89.9 Å². The van der Waals surface area contributed by atoms with Crippen LogP contribution < -0.4 is 0 Å². The maximum Gasteiger partial charge on any atom is 0.472 e. The van der Waals surface area contributed by atoms with Crippen LogP contribution in [0.4, 0.5) is 0 Å². The predicted molar refractivity (Wildman–Crippen MR) is 241 cm³/mol. The molecular formula is C48H77O11P. The van der Waals surface area contributed by atoms with Crippen LogP contribution in [-0.2, 0) is 37.4 Å². The summed E-state index contributed by atoms with van der Waals surface area (Å²) in [4.78, 5) is 35.0. The van der Waals surface area contributed by atoms with Crippen LogP contribution in [0.2, 0.25) is 0 Å². The zero-order chi connectivity index (χ0) is 43.8. The van der Waals surface area contributed by atoms with Crippen molar-refractivity contribution in [1.29, 1.82) is 0 Å². The maximum atomic E-state index is 12.6. The first-order valence-electron chi connectivity index (χ1n) is 22.3. The highest BCUT2D eigenvalue weighted by Gasteiger charge is 2.36. The molecule has 0 saturated carbocycles. The van der Waals surface area contributed by atoms with Crippen LogP contribution in [0.5, 0.6) is 0 Å². The molecule has 12 heteroatoms. The normalized spacial score (nSPS) is 18.1. The van der Waals surface area contributed by atoms with Gasteiger partial charge in [-0.3, -0.25) is 18.6 Å². The van der Waals surface area contributed by atoms with E-state index in [1.165, 1.54) is 44.9 Å². The molecule has 5 atom stereocenters. The molecule has 1 rings (SSSR count). The number of ether oxygens (including phenoxy) is 3. The van der Waals surface area contributed by atoms with Gasteiger partial charge in [0.1, 0.15) is 12.7 Å². The molecule has 0 radical (unpaired) electrons. The molecule has 1 fully saturated rings. The quantitative estimate of drug-likeness (QED) is 0.0177. The summed E-state index contributed by atoms with van der Waals surface area (Å²) in [6.45, 7) is 2.14.